The van der Waals surface area contributed by atoms with E-state index >= 15 is 0 Å². The van der Waals surface area contributed by atoms with E-state index in [1.807, 2.05) is 6.92 Å². The van der Waals surface area contributed by atoms with E-state index in [0.717, 1.165) is 25.2 Å². The Balaban J connectivity index is 2.17. The van der Waals surface area contributed by atoms with Gasteiger partial charge in [0.05, 0.1) is 5.69 Å². The number of nitrogens with zero attached hydrogens (tertiary/aromatic N) is 2. The Morgan fingerprint density at radius 3 is 2.88 bits per heavy atom. The van der Waals surface area contributed by atoms with Crippen LogP contribution in [-0.2, 0) is 0 Å². The van der Waals surface area contributed by atoms with Gasteiger partial charge in [-0.1, -0.05) is 0 Å². The normalized spacial score (nSPS) is 21.9. The second-order valence-electron chi connectivity index (χ2n) is 4.83. The van der Waals surface area contributed by atoms with E-state index in [4.69, 9.17) is 0 Å². The van der Waals surface area contributed by atoms with Crippen molar-refractivity contribution < 1.29 is 0 Å². The molecule has 1 fully saturated rings. The van der Waals surface area contributed by atoms with Crippen LogP contribution in [0.2, 0.25) is 0 Å². The van der Waals surface area contributed by atoms with Crippen LogP contribution in [0.5, 0.6) is 0 Å². The van der Waals surface area contributed by atoms with E-state index in [-0.39, 0.29) is 5.56 Å². The third-order valence-corrected chi connectivity index (χ3v) is 3.25. The molecule has 0 amide bonds. The lowest BCUT2D eigenvalue weighted by molar-refractivity contribution is 0.272. The Bertz CT molecular complexity index is 425. The summed E-state index contributed by atoms with van der Waals surface area (Å²) >= 11 is 0. The number of hydrogen-bond acceptors (Lipinski definition) is 3. The molecule has 4 nitrogen and oxygen atoms in total. The molecule has 1 aliphatic rings. The molecule has 0 radical (unpaired) electrons. The van der Waals surface area contributed by atoms with Crippen LogP contribution < -0.4 is 5.56 Å². The minimum absolute atomic E-state index is 0.0366. The van der Waals surface area contributed by atoms with Gasteiger partial charge >= 0.3 is 0 Å². The molecule has 0 spiro atoms. The van der Waals surface area contributed by atoms with Gasteiger partial charge in [-0.3, -0.25) is 4.79 Å². The Morgan fingerprint density at radius 2 is 2.31 bits per heavy atom. The molecule has 16 heavy (non-hydrogen) atoms. The van der Waals surface area contributed by atoms with Gasteiger partial charge in [-0.2, -0.15) is 0 Å². The van der Waals surface area contributed by atoms with Crippen LogP contribution >= 0.6 is 0 Å². The topological polar surface area (TPSA) is 49.0 Å². The van der Waals surface area contributed by atoms with Gasteiger partial charge in [-0.05, 0) is 33.7 Å². The fourth-order valence-corrected chi connectivity index (χ4v) is 2.31. The first-order valence-corrected chi connectivity index (χ1v) is 5.88. The Labute approximate surface area is 95.7 Å². The van der Waals surface area contributed by atoms with Gasteiger partial charge in [-0.25, -0.2) is 4.98 Å². The highest BCUT2D eigenvalue weighted by atomic mass is 16.1. The summed E-state index contributed by atoms with van der Waals surface area (Å²) in [5, 5.41) is 0. The van der Waals surface area contributed by atoms with Gasteiger partial charge in [0.15, 0.2) is 0 Å². The summed E-state index contributed by atoms with van der Waals surface area (Å²) < 4.78 is 0. The maximum atomic E-state index is 11.4. The highest BCUT2D eigenvalue weighted by Gasteiger charge is 2.26. The number of aryl methyl sites for hydroxylation is 1. The molecular weight excluding hydrogens is 202 g/mol. The van der Waals surface area contributed by atoms with Crippen LogP contribution in [0.1, 0.15) is 37.7 Å². The molecule has 1 atom stereocenters. The zero-order chi connectivity index (χ0) is 11.7. The van der Waals surface area contributed by atoms with Crippen molar-refractivity contribution >= 4 is 0 Å². The molecule has 4 heteroatoms. The summed E-state index contributed by atoms with van der Waals surface area (Å²) in [5.74, 6) is 1.13. The summed E-state index contributed by atoms with van der Waals surface area (Å²) in [6.07, 6.45) is 1.11. The largest absolute Gasteiger partial charge is 0.311 e. The molecule has 0 aliphatic carbocycles. The molecule has 1 aromatic heterocycles. The summed E-state index contributed by atoms with van der Waals surface area (Å²) in [5.41, 5.74) is 0.912. The van der Waals surface area contributed by atoms with Crippen molar-refractivity contribution in [2.75, 3.05) is 13.1 Å². The maximum absolute atomic E-state index is 11.4. The van der Waals surface area contributed by atoms with Crippen LogP contribution in [0, 0.1) is 6.92 Å². The third-order valence-electron chi connectivity index (χ3n) is 3.25. The van der Waals surface area contributed by atoms with Gasteiger partial charge < -0.3 is 9.88 Å². The number of aromatic amines is 1. The molecule has 2 rings (SSSR count). The van der Waals surface area contributed by atoms with Gasteiger partial charge in [0.2, 0.25) is 0 Å². The van der Waals surface area contributed by atoms with Crippen molar-refractivity contribution in [3.8, 4) is 0 Å². The van der Waals surface area contributed by atoms with E-state index in [0.29, 0.717) is 17.8 Å². The van der Waals surface area contributed by atoms with Crippen LogP contribution in [-0.4, -0.2) is 34.0 Å². The highest BCUT2D eigenvalue weighted by Crippen LogP contribution is 2.26. The van der Waals surface area contributed by atoms with E-state index in [1.165, 1.54) is 0 Å². The molecule has 1 unspecified atom stereocenters. The first kappa shape index (κ1) is 11.3. The lowest BCUT2D eigenvalue weighted by atomic mass is 10.0. The molecule has 0 saturated carbocycles. The first-order chi connectivity index (χ1) is 7.56. The van der Waals surface area contributed by atoms with E-state index < -0.39 is 0 Å². The Morgan fingerprint density at radius 1 is 1.56 bits per heavy atom. The SMILES string of the molecule is Cc1nc(C2CCN(C(C)C)C2)cc(=O)[nH]1. The number of H-pyrrole nitrogens is 1. The standard InChI is InChI=1S/C12H19N3O/c1-8(2)15-5-4-10(7-15)11-6-12(16)14-9(3)13-11/h6,8,10H,4-5,7H2,1-3H3,(H,13,14,16). The lowest BCUT2D eigenvalue weighted by Crippen LogP contribution is -2.28. The third kappa shape index (κ3) is 2.32. The van der Waals surface area contributed by atoms with Crippen molar-refractivity contribution in [3.05, 3.63) is 27.9 Å². The Hall–Kier alpha value is -1.16. The molecule has 1 aromatic rings. The highest BCUT2D eigenvalue weighted by molar-refractivity contribution is 5.11. The minimum Gasteiger partial charge on any atom is -0.311 e. The van der Waals surface area contributed by atoms with Crippen molar-refractivity contribution in [1.29, 1.82) is 0 Å². The van der Waals surface area contributed by atoms with Crippen molar-refractivity contribution in [2.24, 2.45) is 0 Å². The summed E-state index contributed by atoms with van der Waals surface area (Å²) in [6.45, 7) is 8.38. The number of aromatic nitrogens is 2. The van der Waals surface area contributed by atoms with Crippen LogP contribution in [0.25, 0.3) is 0 Å². The van der Waals surface area contributed by atoms with E-state index in [1.54, 1.807) is 6.07 Å². The summed E-state index contributed by atoms with van der Waals surface area (Å²) in [6, 6.07) is 2.22. The monoisotopic (exact) mass is 221 g/mol. The predicted molar refractivity (Wildman–Crippen MR) is 63.7 cm³/mol. The fourth-order valence-electron chi connectivity index (χ4n) is 2.31. The Kier molecular flexibility index (Phi) is 3.10. The molecule has 1 N–H and O–H groups in total. The van der Waals surface area contributed by atoms with Gasteiger partial charge in [0, 0.05) is 24.6 Å². The molecule has 88 valence electrons. The van der Waals surface area contributed by atoms with Crippen molar-refractivity contribution in [2.45, 2.75) is 39.2 Å². The average Bonchev–Trinajstić information content (AvgIpc) is 2.64. The molecule has 1 aliphatic heterocycles. The number of likely N-dealkylation sites (tertiary alicyclic amines) is 1. The quantitative estimate of drug-likeness (QED) is 0.818. The molecule has 2 heterocycles. The number of rotatable bonds is 2. The summed E-state index contributed by atoms with van der Waals surface area (Å²) in [7, 11) is 0. The van der Waals surface area contributed by atoms with Crippen LogP contribution in [0.4, 0.5) is 0 Å². The molecule has 1 saturated heterocycles. The zero-order valence-corrected chi connectivity index (χ0v) is 10.2. The summed E-state index contributed by atoms with van der Waals surface area (Å²) in [4.78, 5) is 20.9. The minimum atomic E-state index is -0.0366. The van der Waals surface area contributed by atoms with E-state index in [2.05, 4.69) is 28.7 Å². The second-order valence-corrected chi connectivity index (χ2v) is 4.83. The lowest BCUT2D eigenvalue weighted by Gasteiger charge is -2.20. The molecule has 0 aromatic carbocycles. The van der Waals surface area contributed by atoms with Crippen LogP contribution in [0.3, 0.4) is 0 Å². The van der Waals surface area contributed by atoms with Crippen LogP contribution in [0.15, 0.2) is 10.9 Å². The fraction of sp³-hybridized carbons (Fsp3) is 0.667. The average molecular weight is 221 g/mol. The van der Waals surface area contributed by atoms with Crippen molar-refractivity contribution in [1.82, 2.24) is 14.9 Å². The van der Waals surface area contributed by atoms with Crippen molar-refractivity contribution in [3.63, 3.8) is 0 Å². The molecular formula is C12H19N3O. The van der Waals surface area contributed by atoms with E-state index in [9.17, 15) is 4.79 Å². The number of nitrogens with one attached hydrogen (secondary N) is 1. The van der Waals surface area contributed by atoms with Gasteiger partial charge in [-0.15, -0.1) is 0 Å². The first-order valence-electron chi connectivity index (χ1n) is 5.88. The smallest absolute Gasteiger partial charge is 0.251 e. The molecule has 0 bridgehead atoms. The van der Waals surface area contributed by atoms with Gasteiger partial charge in [0.25, 0.3) is 5.56 Å². The zero-order valence-electron chi connectivity index (χ0n) is 10.2. The number of hydrogen-bond donors (Lipinski definition) is 1. The second kappa shape index (κ2) is 4.37. The predicted octanol–water partition coefficient (Wildman–Crippen LogP) is 1.28. The maximum Gasteiger partial charge on any atom is 0.251 e. The van der Waals surface area contributed by atoms with Gasteiger partial charge in [0.1, 0.15) is 5.82 Å².